The Hall–Kier alpha value is -2.89. The van der Waals surface area contributed by atoms with Gasteiger partial charge in [-0.15, -0.1) is 0 Å². The van der Waals surface area contributed by atoms with E-state index in [0.717, 1.165) is 12.0 Å². The number of anilines is 1. The zero-order chi connectivity index (χ0) is 17.6. The Morgan fingerprint density at radius 1 is 1.28 bits per heavy atom. The summed E-state index contributed by atoms with van der Waals surface area (Å²) in [5, 5.41) is 2.87. The number of nitrogens with one attached hydrogen (secondary N) is 1. The third kappa shape index (κ3) is 4.15. The highest BCUT2D eigenvalue weighted by Gasteiger charge is 2.27. The maximum absolute atomic E-state index is 12.4. The van der Waals surface area contributed by atoms with E-state index in [9.17, 15) is 9.59 Å². The van der Waals surface area contributed by atoms with Crippen LogP contribution in [0.3, 0.4) is 0 Å². The highest BCUT2D eigenvalue weighted by atomic mass is 16.5. The molecule has 0 radical (unpaired) electrons. The maximum Gasteiger partial charge on any atom is 0.338 e. The van der Waals surface area contributed by atoms with Crippen LogP contribution in [0.5, 0.6) is 0 Å². The standard InChI is InChI=1S/C19H21N3O3/c1-2-25-18(23)14-5-7-17(8-6-14)21-19(24)22-11-9-16(13-22)15-4-3-10-20-12-15/h3-8,10,12,16H,2,9,11,13H2,1H3,(H,21,24). The molecule has 2 aromatic rings. The summed E-state index contributed by atoms with van der Waals surface area (Å²) in [6, 6.07) is 10.6. The number of carbonyl (C=O) groups is 2. The van der Waals surface area contributed by atoms with Gasteiger partial charge < -0.3 is 15.0 Å². The van der Waals surface area contributed by atoms with Gasteiger partial charge in [0.15, 0.2) is 0 Å². The van der Waals surface area contributed by atoms with Crippen LogP contribution in [0.4, 0.5) is 10.5 Å². The van der Waals surface area contributed by atoms with Crippen LogP contribution < -0.4 is 5.32 Å². The van der Waals surface area contributed by atoms with E-state index in [4.69, 9.17) is 4.74 Å². The van der Waals surface area contributed by atoms with Crippen molar-refractivity contribution in [3.05, 3.63) is 59.9 Å². The lowest BCUT2D eigenvalue weighted by Gasteiger charge is -2.17. The normalized spacial score (nSPS) is 16.5. The van der Waals surface area contributed by atoms with Crippen LogP contribution in [0, 0.1) is 0 Å². The van der Waals surface area contributed by atoms with Crippen LogP contribution in [0.2, 0.25) is 0 Å². The zero-order valence-electron chi connectivity index (χ0n) is 14.1. The number of hydrogen-bond acceptors (Lipinski definition) is 4. The van der Waals surface area contributed by atoms with Gasteiger partial charge in [0, 0.05) is 37.1 Å². The Balaban J connectivity index is 1.57. The molecule has 1 aliphatic rings. The van der Waals surface area contributed by atoms with E-state index in [1.54, 1.807) is 42.3 Å². The van der Waals surface area contributed by atoms with Crippen LogP contribution in [-0.4, -0.2) is 41.6 Å². The lowest BCUT2D eigenvalue weighted by Crippen LogP contribution is -2.32. The van der Waals surface area contributed by atoms with Gasteiger partial charge in [0.05, 0.1) is 12.2 Å². The van der Waals surface area contributed by atoms with E-state index in [1.807, 2.05) is 18.3 Å². The van der Waals surface area contributed by atoms with Gasteiger partial charge in [0.2, 0.25) is 0 Å². The summed E-state index contributed by atoms with van der Waals surface area (Å²) in [6.07, 6.45) is 4.55. The van der Waals surface area contributed by atoms with Crippen molar-refractivity contribution in [3.8, 4) is 0 Å². The SMILES string of the molecule is CCOC(=O)c1ccc(NC(=O)N2CCC(c3cccnc3)C2)cc1. The number of hydrogen-bond donors (Lipinski definition) is 1. The van der Waals surface area contributed by atoms with Crippen LogP contribution >= 0.6 is 0 Å². The minimum Gasteiger partial charge on any atom is -0.462 e. The molecule has 6 heteroatoms. The molecule has 1 N–H and O–H groups in total. The fourth-order valence-corrected chi connectivity index (χ4v) is 2.94. The summed E-state index contributed by atoms with van der Waals surface area (Å²) in [6.45, 7) is 3.50. The van der Waals surface area contributed by atoms with Gasteiger partial charge in [-0.3, -0.25) is 4.98 Å². The second-order valence-corrected chi connectivity index (χ2v) is 5.95. The largest absolute Gasteiger partial charge is 0.462 e. The molecular weight excluding hydrogens is 318 g/mol. The molecular formula is C19H21N3O3. The second kappa shape index (κ2) is 7.79. The number of benzene rings is 1. The molecule has 1 atom stereocenters. The molecule has 1 aromatic heterocycles. The van der Waals surface area contributed by atoms with Gasteiger partial charge in [0.25, 0.3) is 0 Å². The van der Waals surface area contributed by atoms with Crippen LogP contribution in [0.25, 0.3) is 0 Å². The van der Waals surface area contributed by atoms with Crippen molar-refractivity contribution in [1.82, 2.24) is 9.88 Å². The third-order valence-corrected chi connectivity index (χ3v) is 4.28. The summed E-state index contributed by atoms with van der Waals surface area (Å²) in [7, 11) is 0. The number of aromatic nitrogens is 1. The van der Waals surface area contributed by atoms with Crippen LogP contribution in [0.15, 0.2) is 48.8 Å². The maximum atomic E-state index is 12.4. The van der Waals surface area contributed by atoms with Crippen molar-refractivity contribution >= 4 is 17.7 Å². The summed E-state index contributed by atoms with van der Waals surface area (Å²) in [4.78, 5) is 30.0. The van der Waals surface area contributed by atoms with Crippen molar-refractivity contribution in [2.75, 3.05) is 25.0 Å². The van der Waals surface area contributed by atoms with Crippen molar-refractivity contribution in [1.29, 1.82) is 0 Å². The van der Waals surface area contributed by atoms with Crippen LogP contribution in [0.1, 0.15) is 35.2 Å². The molecule has 1 saturated heterocycles. The number of likely N-dealkylation sites (tertiary alicyclic amines) is 1. The van der Waals surface area contributed by atoms with Gasteiger partial charge in [0.1, 0.15) is 0 Å². The number of amides is 2. The molecule has 6 nitrogen and oxygen atoms in total. The van der Waals surface area contributed by atoms with Gasteiger partial charge >= 0.3 is 12.0 Å². The Bertz CT molecular complexity index is 731. The summed E-state index contributed by atoms with van der Waals surface area (Å²) in [5.74, 6) is -0.0372. The monoisotopic (exact) mass is 339 g/mol. The first-order chi connectivity index (χ1) is 12.2. The molecule has 1 fully saturated rings. The fourth-order valence-electron chi connectivity index (χ4n) is 2.94. The molecule has 1 unspecified atom stereocenters. The topological polar surface area (TPSA) is 71.5 Å². The average Bonchev–Trinajstić information content (AvgIpc) is 3.13. The van der Waals surface area contributed by atoms with Crippen LogP contribution in [-0.2, 0) is 4.74 Å². The number of nitrogens with zero attached hydrogens (tertiary/aromatic N) is 2. The van der Waals surface area contributed by atoms with E-state index in [1.165, 1.54) is 0 Å². The summed E-state index contributed by atoms with van der Waals surface area (Å²) in [5.41, 5.74) is 2.29. The first-order valence-electron chi connectivity index (χ1n) is 8.40. The number of urea groups is 1. The Labute approximate surface area is 146 Å². The Kier molecular flexibility index (Phi) is 5.28. The number of rotatable bonds is 4. The lowest BCUT2D eigenvalue weighted by atomic mass is 10.0. The minimum atomic E-state index is -0.362. The number of ether oxygens (including phenoxy) is 1. The highest BCUT2D eigenvalue weighted by Crippen LogP contribution is 2.27. The molecule has 2 amide bonds. The average molecular weight is 339 g/mol. The van der Waals surface area contributed by atoms with Gasteiger partial charge in [-0.05, 0) is 49.2 Å². The van der Waals surface area contributed by atoms with E-state index in [2.05, 4.69) is 10.3 Å². The summed E-state index contributed by atoms with van der Waals surface area (Å²) < 4.78 is 4.94. The quantitative estimate of drug-likeness (QED) is 0.868. The molecule has 0 aliphatic carbocycles. The third-order valence-electron chi connectivity index (χ3n) is 4.28. The first kappa shape index (κ1) is 17.0. The molecule has 3 rings (SSSR count). The predicted octanol–water partition coefficient (Wildman–Crippen LogP) is 3.28. The van der Waals surface area contributed by atoms with Crippen molar-refractivity contribution < 1.29 is 14.3 Å². The Morgan fingerprint density at radius 2 is 2.08 bits per heavy atom. The molecule has 0 bridgehead atoms. The molecule has 2 heterocycles. The van der Waals surface area contributed by atoms with E-state index in [0.29, 0.717) is 36.9 Å². The predicted molar refractivity (Wildman–Crippen MR) is 94.6 cm³/mol. The number of pyridine rings is 1. The molecule has 130 valence electrons. The summed E-state index contributed by atoms with van der Waals surface area (Å²) >= 11 is 0. The smallest absolute Gasteiger partial charge is 0.338 e. The molecule has 1 aromatic carbocycles. The van der Waals surface area contributed by atoms with E-state index in [-0.39, 0.29) is 12.0 Å². The minimum absolute atomic E-state index is 0.129. The van der Waals surface area contributed by atoms with Gasteiger partial charge in [-0.25, -0.2) is 9.59 Å². The van der Waals surface area contributed by atoms with Crippen molar-refractivity contribution in [3.63, 3.8) is 0 Å². The molecule has 0 saturated carbocycles. The highest BCUT2D eigenvalue weighted by molar-refractivity contribution is 5.92. The molecule has 0 spiro atoms. The molecule has 1 aliphatic heterocycles. The van der Waals surface area contributed by atoms with E-state index >= 15 is 0 Å². The fraction of sp³-hybridized carbons (Fsp3) is 0.316. The number of esters is 1. The lowest BCUT2D eigenvalue weighted by molar-refractivity contribution is 0.0526. The van der Waals surface area contributed by atoms with Crippen molar-refractivity contribution in [2.24, 2.45) is 0 Å². The zero-order valence-corrected chi connectivity index (χ0v) is 14.1. The number of carbonyl (C=O) groups excluding carboxylic acids is 2. The van der Waals surface area contributed by atoms with Crippen molar-refractivity contribution in [2.45, 2.75) is 19.3 Å². The molecule has 25 heavy (non-hydrogen) atoms. The Morgan fingerprint density at radius 3 is 2.76 bits per heavy atom. The van der Waals surface area contributed by atoms with E-state index < -0.39 is 0 Å². The van der Waals surface area contributed by atoms with Gasteiger partial charge in [-0.1, -0.05) is 6.07 Å². The second-order valence-electron chi connectivity index (χ2n) is 5.95. The first-order valence-corrected chi connectivity index (χ1v) is 8.40. The van der Waals surface area contributed by atoms with Gasteiger partial charge in [-0.2, -0.15) is 0 Å².